The molecule has 0 unspecified atom stereocenters. The topological polar surface area (TPSA) is 23.8 Å². The quantitative estimate of drug-likeness (QED) is 0.638. The van der Waals surface area contributed by atoms with Gasteiger partial charge in [-0.15, -0.1) is 0 Å². The summed E-state index contributed by atoms with van der Waals surface area (Å²) in [5.41, 5.74) is -1.53. The van der Waals surface area contributed by atoms with E-state index in [1.165, 1.54) is 12.1 Å². The van der Waals surface area contributed by atoms with E-state index in [2.05, 4.69) is 0 Å². The molecular formula is C8H3ClF3N. The smallest absolute Gasteiger partial charge is 0.192 e. The Bertz CT molecular complexity index is 365. The Labute approximate surface area is 77.4 Å². The summed E-state index contributed by atoms with van der Waals surface area (Å²) in [6, 6.07) is 4.92. The molecule has 0 aromatic heterocycles. The fourth-order valence-electron chi connectivity index (χ4n) is 0.905. The zero-order valence-electron chi connectivity index (χ0n) is 6.19. The highest BCUT2D eigenvalue weighted by Crippen LogP contribution is 2.36. The van der Waals surface area contributed by atoms with E-state index < -0.39 is 22.3 Å². The molecule has 1 aromatic rings. The van der Waals surface area contributed by atoms with Crippen molar-refractivity contribution in [3.63, 3.8) is 0 Å². The summed E-state index contributed by atoms with van der Waals surface area (Å²) in [5, 5.41) is 7.95. The fraction of sp³-hybridized carbons (Fsp3) is 0.125. The lowest BCUT2D eigenvalue weighted by Crippen LogP contribution is -2.08. The van der Waals surface area contributed by atoms with Crippen LogP contribution in [-0.4, -0.2) is 0 Å². The molecule has 68 valence electrons. The summed E-state index contributed by atoms with van der Waals surface area (Å²) < 4.78 is 36.8. The molecule has 1 rings (SSSR count). The molecule has 0 radical (unpaired) electrons. The monoisotopic (exact) mass is 205 g/mol. The van der Waals surface area contributed by atoms with E-state index >= 15 is 0 Å². The predicted octanol–water partition coefficient (Wildman–Crippen LogP) is 3.23. The highest BCUT2D eigenvalue weighted by molar-refractivity contribution is 6.31. The van der Waals surface area contributed by atoms with E-state index in [0.29, 0.717) is 0 Å². The largest absolute Gasteiger partial charge is 0.419 e. The molecule has 0 aliphatic heterocycles. The molecule has 1 nitrogen and oxygen atoms in total. The van der Waals surface area contributed by atoms with Gasteiger partial charge >= 0.3 is 6.18 Å². The Morgan fingerprint density at radius 2 is 1.92 bits per heavy atom. The molecule has 13 heavy (non-hydrogen) atoms. The highest BCUT2D eigenvalue weighted by Gasteiger charge is 2.35. The molecule has 0 aliphatic carbocycles. The predicted molar refractivity (Wildman–Crippen MR) is 41.2 cm³/mol. The molecule has 0 atom stereocenters. The molecule has 1 aromatic carbocycles. The van der Waals surface area contributed by atoms with Gasteiger partial charge in [0.15, 0.2) is 0 Å². The number of alkyl halides is 3. The van der Waals surface area contributed by atoms with E-state index in [4.69, 9.17) is 16.9 Å². The lowest BCUT2D eigenvalue weighted by Gasteiger charge is -2.09. The third kappa shape index (κ3) is 1.93. The zero-order chi connectivity index (χ0) is 10.1. The Hall–Kier alpha value is -1.21. The maximum Gasteiger partial charge on any atom is 0.419 e. The Kier molecular flexibility index (Phi) is 2.48. The minimum Gasteiger partial charge on any atom is -0.192 e. The lowest BCUT2D eigenvalue weighted by molar-refractivity contribution is -0.137. The van der Waals surface area contributed by atoms with Crippen LogP contribution in [0, 0.1) is 11.3 Å². The first-order valence-electron chi connectivity index (χ1n) is 3.22. The maximum absolute atomic E-state index is 12.3. The number of rotatable bonds is 0. The van der Waals surface area contributed by atoms with Gasteiger partial charge in [-0.2, -0.15) is 18.4 Å². The van der Waals surface area contributed by atoms with Crippen LogP contribution in [0.1, 0.15) is 11.1 Å². The number of halogens is 4. The zero-order valence-corrected chi connectivity index (χ0v) is 6.95. The average molecular weight is 206 g/mol. The van der Waals surface area contributed by atoms with Crippen molar-refractivity contribution in [2.45, 2.75) is 6.18 Å². The third-order valence-corrected chi connectivity index (χ3v) is 1.73. The average Bonchev–Trinajstić information content (AvgIpc) is 2.01. The van der Waals surface area contributed by atoms with Crippen LogP contribution in [0.4, 0.5) is 13.2 Å². The molecule has 0 bridgehead atoms. The molecule has 0 saturated heterocycles. The highest BCUT2D eigenvalue weighted by atomic mass is 35.5. The first kappa shape index (κ1) is 9.87. The molecule has 0 saturated carbocycles. The summed E-state index contributed by atoms with van der Waals surface area (Å²) in [5.74, 6) is 0. The van der Waals surface area contributed by atoms with Crippen LogP contribution in [-0.2, 0) is 6.18 Å². The van der Waals surface area contributed by atoms with Crippen molar-refractivity contribution < 1.29 is 13.2 Å². The number of hydrogen-bond donors (Lipinski definition) is 0. The number of nitriles is 1. The second-order valence-electron chi connectivity index (χ2n) is 2.27. The number of hydrogen-bond acceptors (Lipinski definition) is 1. The molecule has 0 N–H and O–H groups in total. The third-order valence-electron chi connectivity index (χ3n) is 1.42. The van der Waals surface area contributed by atoms with Crippen molar-refractivity contribution in [1.82, 2.24) is 0 Å². The summed E-state index contributed by atoms with van der Waals surface area (Å²) in [7, 11) is 0. The lowest BCUT2D eigenvalue weighted by atomic mass is 10.1. The van der Waals surface area contributed by atoms with Crippen molar-refractivity contribution in [3.05, 3.63) is 34.3 Å². The molecule has 0 spiro atoms. The van der Waals surface area contributed by atoms with Crippen LogP contribution in [0.2, 0.25) is 5.02 Å². The van der Waals surface area contributed by atoms with Gasteiger partial charge in [0.2, 0.25) is 0 Å². The maximum atomic E-state index is 12.3. The van der Waals surface area contributed by atoms with E-state index in [0.717, 1.165) is 12.1 Å². The van der Waals surface area contributed by atoms with Gasteiger partial charge in [-0.3, -0.25) is 0 Å². The van der Waals surface area contributed by atoms with Crippen LogP contribution >= 0.6 is 11.6 Å². The van der Waals surface area contributed by atoms with E-state index in [1.54, 1.807) is 0 Å². The summed E-state index contributed by atoms with van der Waals surface area (Å²) in [6.07, 6.45) is -4.58. The van der Waals surface area contributed by atoms with Crippen molar-refractivity contribution >= 4 is 11.6 Å². The summed E-state index contributed by atoms with van der Waals surface area (Å²) in [4.78, 5) is 0. The van der Waals surface area contributed by atoms with Crippen molar-refractivity contribution in [3.8, 4) is 6.07 Å². The van der Waals surface area contributed by atoms with Gasteiger partial charge in [-0.25, -0.2) is 0 Å². The van der Waals surface area contributed by atoms with Crippen molar-refractivity contribution in [2.24, 2.45) is 0 Å². The second-order valence-corrected chi connectivity index (χ2v) is 2.68. The molecule has 0 heterocycles. The minimum absolute atomic E-state index is 0.452. The van der Waals surface area contributed by atoms with Crippen LogP contribution in [0.25, 0.3) is 0 Å². The van der Waals surface area contributed by atoms with Gasteiger partial charge in [-0.05, 0) is 12.1 Å². The molecular weight excluding hydrogens is 203 g/mol. The summed E-state index contributed by atoms with van der Waals surface area (Å²) >= 11 is 5.32. The van der Waals surface area contributed by atoms with Crippen LogP contribution < -0.4 is 0 Å². The first-order valence-corrected chi connectivity index (χ1v) is 3.60. The Morgan fingerprint density at radius 3 is 2.31 bits per heavy atom. The van der Waals surface area contributed by atoms with Gasteiger partial charge in [-0.1, -0.05) is 17.7 Å². The van der Waals surface area contributed by atoms with E-state index in [9.17, 15) is 13.2 Å². The van der Waals surface area contributed by atoms with Crippen LogP contribution in [0.3, 0.4) is 0 Å². The van der Waals surface area contributed by atoms with Gasteiger partial charge in [0.1, 0.15) is 0 Å². The Morgan fingerprint density at radius 1 is 1.31 bits per heavy atom. The van der Waals surface area contributed by atoms with Crippen molar-refractivity contribution in [2.75, 3.05) is 0 Å². The minimum atomic E-state index is -4.58. The number of nitrogens with zero attached hydrogens (tertiary/aromatic N) is 1. The van der Waals surface area contributed by atoms with Crippen LogP contribution in [0.5, 0.6) is 0 Å². The van der Waals surface area contributed by atoms with Crippen molar-refractivity contribution in [1.29, 1.82) is 5.26 Å². The van der Waals surface area contributed by atoms with Gasteiger partial charge < -0.3 is 0 Å². The summed E-state index contributed by atoms with van der Waals surface area (Å²) in [6.45, 7) is 0. The number of benzene rings is 1. The molecule has 0 fully saturated rings. The normalized spacial score (nSPS) is 11.0. The fourth-order valence-corrected chi connectivity index (χ4v) is 1.19. The van der Waals surface area contributed by atoms with Gasteiger partial charge in [0.25, 0.3) is 0 Å². The standard InChI is InChI=1S/C8H3ClF3N/c9-6-3-1-2-5(4-13)7(6)8(10,11)12/h1-3H. The first-order chi connectivity index (χ1) is 5.96. The van der Waals surface area contributed by atoms with E-state index in [1.807, 2.05) is 0 Å². The molecule has 0 aliphatic rings. The second kappa shape index (κ2) is 3.27. The van der Waals surface area contributed by atoms with Crippen LogP contribution in [0.15, 0.2) is 18.2 Å². The van der Waals surface area contributed by atoms with Gasteiger partial charge in [0, 0.05) is 0 Å². The van der Waals surface area contributed by atoms with E-state index in [-0.39, 0.29) is 0 Å². The molecule has 5 heteroatoms. The SMILES string of the molecule is N#Cc1cccc(Cl)c1C(F)(F)F. The Balaban J connectivity index is 3.43. The van der Waals surface area contributed by atoms with Gasteiger partial charge in [0.05, 0.1) is 22.2 Å². The molecule has 0 amide bonds.